The van der Waals surface area contributed by atoms with Crippen LogP contribution in [0.3, 0.4) is 0 Å². The first-order valence-electron chi connectivity index (χ1n) is 7.26. The first-order valence-corrected chi connectivity index (χ1v) is 7.26. The number of nitrogens with zero attached hydrogens (tertiary/aromatic N) is 1. The summed E-state index contributed by atoms with van der Waals surface area (Å²) in [7, 11) is 0. The topological polar surface area (TPSA) is 12.5 Å². The molecule has 3 rings (SSSR count). The zero-order valence-electron chi connectivity index (χ0n) is 12.1. The van der Waals surface area contributed by atoms with Gasteiger partial charge in [0.05, 0.1) is 12.6 Å². The van der Waals surface area contributed by atoms with Gasteiger partial charge < -0.3 is 4.74 Å². The van der Waals surface area contributed by atoms with Crippen LogP contribution in [0.2, 0.25) is 0 Å². The van der Waals surface area contributed by atoms with Crippen molar-refractivity contribution in [2.24, 2.45) is 0 Å². The third-order valence-electron chi connectivity index (χ3n) is 4.19. The van der Waals surface area contributed by atoms with Crippen LogP contribution >= 0.6 is 0 Å². The third kappa shape index (κ3) is 2.49. The molecule has 0 aromatic heterocycles. The molecule has 0 spiro atoms. The minimum absolute atomic E-state index is 0.149. The lowest BCUT2D eigenvalue weighted by molar-refractivity contribution is 0.0245. The third-order valence-corrected chi connectivity index (χ3v) is 4.19. The van der Waals surface area contributed by atoms with E-state index in [9.17, 15) is 0 Å². The lowest BCUT2D eigenvalue weighted by Crippen LogP contribution is -2.33. The first-order chi connectivity index (χ1) is 9.77. The van der Waals surface area contributed by atoms with Crippen LogP contribution < -0.4 is 0 Å². The molecule has 20 heavy (non-hydrogen) atoms. The van der Waals surface area contributed by atoms with Crippen molar-refractivity contribution in [3.63, 3.8) is 0 Å². The van der Waals surface area contributed by atoms with Gasteiger partial charge in [-0.3, -0.25) is 4.90 Å². The van der Waals surface area contributed by atoms with Crippen LogP contribution in [0.15, 0.2) is 60.7 Å². The maximum absolute atomic E-state index is 5.90. The summed E-state index contributed by atoms with van der Waals surface area (Å²) >= 11 is 0. The molecule has 2 aromatic rings. The highest BCUT2D eigenvalue weighted by Crippen LogP contribution is 2.37. The molecule has 0 bridgehead atoms. The van der Waals surface area contributed by atoms with Gasteiger partial charge in [-0.15, -0.1) is 0 Å². The Labute approximate surface area is 121 Å². The van der Waals surface area contributed by atoms with Crippen molar-refractivity contribution in [2.45, 2.75) is 32.2 Å². The molecule has 1 aliphatic heterocycles. The van der Waals surface area contributed by atoms with Gasteiger partial charge in [0, 0.05) is 6.04 Å². The van der Waals surface area contributed by atoms with E-state index in [1.807, 2.05) is 0 Å². The zero-order chi connectivity index (χ0) is 13.9. The van der Waals surface area contributed by atoms with E-state index in [0.717, 1.165) is 6.61 Å². The first kappa shape index (κ1) is 13.3. The maximum atomic E-state index is 5.90. The van der Waals surface area contributed by atoms with Crippen LogP contribution in [0, 0.1) is 0 Å². The normalized spacial score (nSPS) is 24.7. The van der Waals surface area contributed by atoms with E-state index in [0.29, 0.717) is 12.1 Å². The van der Waals surface area contributed by atoms with Crippen molar-refractivity contribution in [1.29, 1.82) is 0 Å². The van der Waals surface area contributed by atoms with E-state index >= 15 is 0 Å². The number of rotatable bonds is 3. The maximum Gasteiger partial charge on any atom is 0.108 e. The molecule has 0 N–H and O–H groups in total. The molecule has 1 heterocycles. The van der Waals surface area contributed by atoms with Gasteiger partial charge in [-0.05, 0) is 25.0 Å². The number of ether oxygens (including phenoxy) is 1. The fourth-order valence-electron chi connectivity index (χ4n) is 3.09. The van der Waals surface area contributed by atoms with Crippen LogP contribution in [-0.4, -0.2) is 17.7 Å². The second kappa shape index (κ2) is 5.78. The van der Waals surface area contributed by atoms with Gasteiger partial charge in [-0.2, -0.15) is 0 Å². The molecule has 2 aromatic carbocycles. The van der Waals surface area contributed by atoms with Gasteiger partial charge >= 0.3 is 0 Å². The summed E-state index contributed by atoms with van der Waals surface area (Å²) in [6, 6.07) is 22.0. The predicted octanol–water partition coefficient (Wildman–Crippen LogP) is 4.17. The molecule has 1 fully saturated rings. The minimum Gasteiger partial charge on any atom is -0.361 e. The van der Waals surface area contributed by atoms with Crippen molar-refractivity contribution in [1.82, 2.24) is 4.90 Å². The van der Waals surface area contributed by atoms with Crippen molar-refractivity contribution < 1.29 is 4.74 Å². The molecule has 0 amide bonds. The standard InChI is InChI=1S/C18H21NO/c1-14(16-9-5-3-6-10-16)19-15(2)20-13-18(19)17-11-7-4-8-12-17/h3-12,14-15,18H,13H2,1-2H3/t14-,15-,18+/m1/s1. The molecular weight excluding hydrogens is 246 g/mol. The fourth-order valence-corrected chi connectivity index (χ4v) is 3.09. The summed E-state index contributed by atoms with van der Waals surface area (Å²) in [4.78, 5) is 2.46. The van der Waals surface area contributed by atoms with E-state index in [2.05, 4.69) is 79.4 Å². The molecule has 2 heteroatoms. The Morgan fingerprint density at radius 1 is 1.00 bits per heavy atom. The summed E-state index contributed by atoms with van der Waals surface area (Å²) in [5.74, 6) is 0. The molecule has 0 unspecified atom stereocenters. The molecule has 0 aliphatic carbocycles. The highest BCUT2D eigenvalue weighted by molar-refractivity contribution is 5.23. The monoisotopic (exact) mass is 267 g/mol. The van der Waals surface area contributed by atoms with Crippen LogP contribution in [0.1, 0.15) is 37.1 Å². The summed E-state index contributed by atoms with van der Waals surface area (Å²) in [5, 5.41) is 0. The number of benzene rings is 2. The number of hydrogen-bond donors (Lipinski definition) is 0. The van der Waals surface area contributed by atoms with Crippen LogP contribution in [0.5, 0.6) is 0 Å². The second-order valence-electron chi connectivity index (χ2n) is 5.39. The highest BCUT2D eigenvalue weighted by atomic mass is 16.5. The van der Waals surface area contributed by atoms with E-state index < -0.39 is 0 Å². The molecule has 0 radical (unpaired) electrons. The summed E-state index contributed by atoms with van der Waals surface area (Å²) < 4.78 is 5.90. The van der Waals surface area contributed by atoms with E-state index in [-0.39, 0.29) is 6.23 Å². The molecule has 104 valence electrons. The summed E-state index contributed by atoms with van der Waals surface area (Å²) in [5.41, 5.74) is 2.67. The van der Waals surface area contributed by atoms with Gasteiger partial charge in [-0.25, -0.2) is 0 Å². The highest BCUT2D eigenvalue weighted by Gasteiger charge is 2.36. The van der Waals surface area contributed by atoms with Crippen LogP contribution in [-0.2, 0) is 4.74 Å². The Bertz CT molecular complexity index is 540. The van der Waals surface area contributed by atoms with Gasteiger partial charge in [0.2, 0.25) is 0 Å². The van der Waals surface area contributed by atoms with Crippen molar-refractivity contribution in [3.8, 4) is 0 Å². The lowest BCUT2D eigenvalue weighted by Gasteiger charge is -2.32. The summed E-state index contributed by atoms with van der Waals surface area (Å²) in [6.07, 6.45) is 0.149. The summed E-state index contributed by atoms with van der Waals surface area (Å²) in [6.45, 7) is 5.17. The molecule has 1 aliphatic rings. The van der Waals surface area contributed by atoms with Gasteiger partial charge in [-0.1, -0.05) is 60.7 Å². The van der Waals surface area contributed by atoms with Gasteiger partial charge in [0.1, 0.15) is 6.23 Å². The largest absolute Gasteiger partial charge is 0.361 e. The molecule has 0 saturated carbocycles. The number of hydrogen-bond acceptors (Lipinski definition) is 2. The Hall–Kier alpha value is -1.64. The predicted molar refractivity (Wildman–Crippen MR) is 81.3 cm³/mol. The molecule has 2 nitrogen and oxygen atoms in total. The van der Waals surface area contributed by atoms with Crippen molar-refractivity contribution in [3.05, 3.63) is 71.8 Å². The Morgan fingerprint density at radius 2 is 1.60 bits per heavy atom. The second-order valence-corrected chi connectivity index (χ2v) is 5.39. The average Bonchev–Trinajstić information content (AvgIpc) is 2.90. The Balaban J connectivity index is 1.89. The molecule has 1 saturated heterocycles. The zero-order valence-corrected chi connectivity index (χ0v) is 12.1. The van der Waals surface area contributed by atoms with Crippen molar-refractivity contribution >= 4 is 0 Å². The Kier molecular flexibility index (Phi) is 3.86. The van der Waals surface area contributed by atoms with Crippen LogP contribution in [0.4, 0.5) is 0 Å². The van der Waals surface area contributed by atoms with Crippen molar-refractivity contribution in [2.75, 3.05) is 6.61 Å². The van der Waals surface area contributed by atoms with Gasteiger partial charge in [0.25, 0.3) is 0 Å². The van der Waals surface area contributed by atoms with Gasteiger partial charge in [0.15, 0.2) is 0 Å². The fraction of sp³-hybridized carbons (Fsp3) is 0.333. The van der Waals surface area contributed by atoms with E-state index in [1.54, 1.807) is 0 Å². The minimum atomic E-state index is 0.149. The average molecular weight is 267 g/mol. The SMILES string of the molecule is C[C@H](c1ccccc1)N1[C@@H](C)OC[C@H]1c1ccccc1. The smallest absolute Gasteiger partial charge is 0.108 e. The molecule has 3 atom stereocenters. The van der Waals surface area contributed by atoms with E-state index in [1.165, 1.54) is 11.1 Å². The quantitative estimate of drug-likeness (QED) is 0.827. The lowest BCUT2D eigenvalue weighted by atomic mass is 10.0. The van der Waals surface area contributed by atoms with Crippen LogP contribution in [0.25, 0.3) is 0 Å². The Morgan fingerprint density at radius 3 is 2.25 bits per heavy atom. The molecular formula is C18H21NO. The van der Waals surface area contributed by atoms with E-state index in [4.69, 9.17) is 4.74 Å².